The molecule has 0 aromatic rings. The monoisotopic (exact) mass is 418 g/mol. The number of rotatable bonds is 1. The van der Waals surface area contributed by atoms with Gasteiger partial charge in [-0.3, -0.25) is 0 Å². The molecule has 0 spiro atoms. The van der Waals surface area contributed by atoms with Crippen LogP contribution >= 0.6 is 46.4 Å². The summed E-state index contributed by atoms with van der Waals surface area (Å²) in [6.07, 6.45) is 0. The Hall–Kier alpha value is 1.77. The molecule has 0 heterocycles. The summed E-state index contributed by atoms with van der Waals surface area (Å²) in [6.45, 7) is 1.43. The molecule has 0 amide bonds. The van der Waals surface area contributed by atoms with E-state index in [1.165, 1.54) is 6.92 Å². The van der Waals surface area contributed by atoms with Gasteiger partial charge >= 0.3 is 0 Å². The van der Waals surface area contributed by atoms with E-state index in [0.29, 0.717) is 0 Å². The molecule has 0 aromatic carbocycles. The first-order valence-electron chi connectivity index (χ1n) is 2.33. The minimum atomic E-state index is -1.68. The third-order valence-electron chi connectivity index (χ3n) is 1.09. The van der Waals surface area contributed by atoms with Gasteiger partial charge in [-0.2, -0.15) is 5.50 Å². The van der Waals surface area contributed by atoms with Crippen molar-refractivity contribution in [2.24, 2.45) is 11.5 Å². The van der Waals surface area contributed by atoms with Crippen LogP contribution in [0.5, 0.6) is 0 Å². The first-order chi connectivity index (χ1) is 4.19. The van der Waals surface area contributed by atoms with Crippen molar-refractivity contribution >= 4 is 46.4 Å². The van der Waals surface area contributed by atoms with E-state index in [9.17, 15) is 0 Å². The number of alkyl halides is 3. The maximum Gasteiger partial charge on any atom is 0.183 e. The number of nitrogens with two attached hydrogens (primary N) is 2. The van der Waals surface area contributed by atoms with Gasteiger partial charge < -0.3 is 23.1 Å². The normalized spacial score (nSPS) is 17.5. The zero-order valence-corrected chi connectivity index (χ0v) is 10.8. The maximum absolute atomic E-state index is 5.45. The fourth-order valence-corrected chi connectivity index (χ4v) is 0.728. The number of hydrogen-bond acceptors (Lipinski definition) is 2. The Kier molecular flexibility index (Phi) is 6.73. The Labute approximate surface area is 100 Å². The van der Waals surface area contributed by atoms with Crippen LogP contribution in [0.4, 0.5) is 0 Å². The Balaban J connectivity index is 0. The van der Waals surface area contributed by atoms with E-state index in [0.717, 1.165) is 0 Å². The Morgan fingerprint density at radius 3 is 1.55 bits per heavy atom. The average Bonchev–Trinajstić information content (AvgIpc) is 1.62. The molecule has 11 heavy (non-hydrogen) atoms. The zero-order valence-electron chi connectivity index (χ0n) is 5.48. The van der Waals surface area contributed by atoms with Gasteiger partial charge in [-0.05, 0) is 5.54 Å². The number of hydrogen-bond donors (Lipinski definition) is 2. The molecule has 72 valence electrons. The van der Waals surface area contributed by atoms with Gasteiger partial charge in [0.2, 0.25) is 0 Å². The van der Waals surface area contributed by atoms with Crippen molar-refractivity contribution < 1.29 is 21.1 Å². The molecule has 1 unspecified atom stereocenters. The predicted molar refractivity (Wildman–Crippen MR) is 46.2 cm³/mol. The minimum Gasteiger partial charge on any atom is -0.464 e. The molecule has 0 radical (unpaired) electrons. The van der Waals surface area contributed by atoms with Crippen molar-refractivity contribution in [1.29, 1.82) is 0 Å². The fraction of sp³-hybridized carbons (Fsp3) is 0.750. The summed E-state index contributed by atoms with van der Waals surface area (Å²) < 4.78 is -1.68. The van der Waals surface area contributed by atoms with Crippen LogP contribution in [0.1, 0.15) is 6.92 Å². The van der Waals surface area contributed by atoms with Gasteiger partial charge in [0.05, 0.1) is 0 Å². The molecule has 7 heteroatoms. The van der Waals surface area contributed by atoms with Crippen molar-refractivity contribution in [1.82, 2.24) is 0 Å². The summed E-state index contributed by atoms with van der Waals surface area (Å²) in [4.78, 5) is 0. The van der Waals surface area contributed by atoms with Crippen molar-refractivity contribution in [2.45, 2.75) is 16.3 Å². The topological polar surface area (TPSA) is 52.0 Å². The third-order valence-corrected chi connectivity index (χ3v) is 2.66. The quantitative estimate of drug-likeness (QED) is 0.386. The Bertz CT molecular complexity index is 122. The van der Waals surface area contributed by atoms with Crippen molar-refractivity contribution in [2.75, 3.05) is 0 Å². The van der Waals surface area contributed by atoms with Gasteiger partial charge in [0.25, 0.3) is 0 Å². The second-order valence-corrected chi connectivity index (χ2v) is 4.74. The van der Waals surface area contributed by atoms with Crippen LogP contribution in [-0.2, 0) is 21.1 Å². The number of halogens is 4. The molecule has 0 fully saturated rings. The summed E-state index contributed by atoms with van der Waals surface area (Å²) in [5.74, 6) is 0. The van der Waals surface area contributed by atoms with E-state index in [1.54, 1.807) is 0 Å². The summed E-state index contributed by atoms with van der Waals surface area (Å²) in [5.41, 5.74) is 9.17. The smallest absolute Gasteiger partial charge is 0.183 e. The largest absolute Gasteiger partial charge is 0.464 e. The summed E-state index contributed by atoms with van der Waals surface area (Å²) in [5, 5.41) is 0. The molecular formula is C4H7Cl4N2Pt-. The average molecular weight is 420 g/mol. The molecule has 2 nitrogen and oxygen atoms in total. The fourth-order valence-electron chi connectivity index (χ4n) is 0.135. The molecule has 0 rings (SSSR count). The summed E-state index contributed by atoms with van der Waals surface area (Å²) in [7, 11) is 0. The summed E-state index contributed by atoms with van der Waals surface area (Å²) >= 11 is 21.7. The predicted octanol–water partition coefficient (Wildman–Crippen LogP) is 1.76. The summed E-state index contributed by atoms with van der Waals surface area (Å²) in [6, 6.07) is 0. The van der Waals surface area contributed by atoms with E-state index in [-0.39, 0.29) is 26.6 Å². The van der Waals surface area contributed by atoms with Gasteiger partial charge in [-0.1, -0.05) is 41.7 Å². The van der Waals surface area contributed by atoms with Crippen LogP contribution in [0, 0.1) is 5.50 Å². The second kappa shape index (κ2) is 4.85. The molecule has 0 aliphatic rings. The molecule has 0 aliphatic heterocycles. The van der Waals surface area contributed by atoms with Gasteiger partial charge in [0, 0.05) is 21.1 Å². The Morgan fingerprint density at radius 1 is 1.27 bits per heavy atom. The third kappa shape index (κ3) is 3.99. The van der Waals surface area contributed by atoms with Gasteiger partial charge in [0.15, 0.2) is 3.79 Å². The SMILES string of the molecule is CC(N)([C-](N)Cl)C(Cl)(Cl)Cl.[Pt]. The molecule has 0 bridgehead atoms. The van der Waals surface area contributed by atoms with E-state index in [1.807, 2.05) is 0 Å². The van der Waals surface area contributed by atoms with Crippen molar-refractivity contribution in [3.05, 3.63) is 5.50 Å². The molecule has 0 saturated carbocycles. The van der Waals surface area contributed by atoms with E-state index < -0.39 is 9.33 Å². The van der Waals surface area contributed by atoms with Crippen LogP contribution < -0.4 is 11.5 Å². The van der Waals surface area contributed by atoms with Crippen molar-refractivity contribution in [3.8, 4) is 0 Å². The Morgan fingerprint density at radius 2 is 1.55 bits per heavy atom. The van der Waals surface area contributed by atoms with Gasteiger partial charge in [0.1, 0.15) is 0 Å². The molecule has 4 N–H and O–H groups in total. The van der Waals surface area contributed by atoms with Crippen LogP contribution in [-0.4, -0.2) is 9.33 Å². The van der Waals surface area contributed by atoms with Gasteiger partial charge in [-0.25, -0.2) is 0 Å². The zero-order chi connectivity index (χ0) is 8.58. The first kappa shape index (κ1) is 15.2. The van der Waals surface area contributed by atoms with Gasteiger partial charge in [-0.15, -0.1) is 0 Å². The van der Waals surface area contributed by atoms with Crippen molar-refractivity contribution in [3.63, 3.8) is 0 Å². The van der Waals surface area contributed by atoms with E-state index in [4.69, 9.17) is 57.9 Å². The molecule has 0 saturated heterocycles. The standard InChI is InChI=1S/C4H7Cl4N2.Pt/c1-3(10,2(5)9)4(6,7)8;/h9-10H2,1H3;/q-1;. The molecular weight excluding hydrogens is 413 g/mol. The second-order valence-electron chi connectivity index (χ2n) is 2.05. The molecule has 1 atom stereocenters. The van der Waals surface area contributed by atoms with Crippen LogP contribution in [0.25, 0.3) is 0 Å². The van der Waals surface area contributed by atoms with Crippen LogP contribution in [0.15, 0.2) is 0 Å². The molecule has 0 aromatic heterocycles. The van der Waals surface area contributed by atoms with E-state index in [2.05, 4.69) is 0 Å². The van der Waals surface area contributed by atoms with Crippen LogP contribution in [0.2, 0.25) is 0 Å². The maximum atomic E-state index is 5.45. The van der Waals surface area contributed by atoms with E-state index >= 15 is 0 Å². The molecule has 0 aliphatic carbocycles. The van der Waals surface area contributed by atoms with Crippen LogP contribution in [0.3, 0.4) is 0 Å². The minimum absolute atomic E-state index is 0. The first-order valence-corrected chi connectivity index (χ1v) is 3.85.